The van der Waals surface area contributed by atoms with Crippen LogP contribution in [0.5, 0.6) is 5.75 Å². The SMILES string of the molecule is COC(=O)c1c(OC2Cc3ccccc3C2)cc(=O)n2c1CCN(Cc1ccc(N(C)C)cc1)CC2. The van der Waals surface area contributed by atoms with Gasteiger partial charge in [0.05, 0.1) is 7.11 Å². The molecule has 188 valence electrons. The molecule has 0 saturated carbocycles. The number of hydrogen-bond acceptors (Lipinski definition) is 6. The Kier molecular flexibility index (Phi) is 6.83. The molecule has 5 rings (SSSR count). The van der Waals surface area contributed by atoms with Gasteiger partial charge in [-0.25, -0.2) is 4.79 Å². The van der Waals surface area contributed by atoms with Crippen LogP contribution in [0.25, 0.3) is 0 Å². The third-order valence-corrected chi connectivity index (χ3v) is 7.24. The molecular formula is C29H33N3O4. The Morgan fingerprint density at radius 1 is 1.00 bits per heavy atom. The van der Waals surface area contributed by atoms with Crippen molar-refractivity contribution in [3.05, 3.63) is 92.9 Å². The van der Waals surface area contributed by atoms with Crippen LogP contribution >= 0.6 is 0 Å². The number of carbonyl (C=O) groups is 1. The van der Waals surface area contributed by atoms with Crippen molar-refractivity contribution in [1.82, 2.24) is 9.47 Å². The van der Waals surface area contributed by atoms with E-state index >= 15 is 0 Å². The maximum atomic E-state index is 13.2. The number of ether oxygens (including phenoxy) is 2. The molecule has 7 nitrogen and oxygen atoms in total. The molecule has 0 fully saturated rings. The topological polar surface area (TPSA) is 64.0 Å². The first kappa shape index (κ1) is 24.1. The highest BCUT2D eigenvalue weighted by molar-refractivity contribution is 5.93. The first-order valence-corrected chi connectivity index (χ1v) is 12.5. The van der Waals surface area contributed by atoms with Crippen LogP contribution in [0, 0.1) is 0 Å². The van der Waals surface area contributed by atoms with Gasteiger partial charge in [0.1, 0.15) is 17.4 Å². The van der Waals surface area contributed by atoms with Crippen LogP contribution < -0.4 is 15.2 Å². The molecule has 0 saturated heterocycles. The normalized spacial score (nSPS) is 15.6. The highest BCUT2D eigenvalue weighted by Crippen LogP contribution is 2.30. The number of fused-ring (bicyclic) bond motifs is 2. The third kappa shape index (κ3) is 4.88. The van der Waals surface area contributed by atoms with E-state index in [1.54, 1.807) is 4.57 Å². The number of esters is 1. The highest BCUT2D eigenvalue weighted by atomic mass is 16.5. The standard InChI is InChI=1S/C29H33N3O4/c1-30(2)23-10-8-20(9-11-23)19-31-13-12-25-28(29(34)35-3)26(18-27(33)32(25)15-14-31)36-24-16-21-6-4-5-7-22(21)17-24/h4-11,18,24H,12-17,19H2,1-3H3. The first-order chi connectivity index (χ1) is 17.4. The first-order valence-electron chi connectivity index (χ1n) is 12.5. The second-order valence-electron chi connectivity index (χ2n) is 9.82. The maximum absolute atomic E-state index is 13.2. The van der Waals surface area contributed by atoms with Gasteiger partial charge in [0.25, 0.3) is 5.56 Å². The van der Waals surface area contributed by atoms with E-state index < -0.39 is 5.97 Å². The number of carbonyl (C=O) groups excluding carboxylic acids is 1. The van der Waals surface area contributed by atoms with Gasteiger partial charge in [-0.15, -0.1) is 0 Å². The minimum atomic E-state index is -0.461. The van der Waals surface area contributed by atoms with Crippen molar-refractivity contribution in [3.8, 4) is 5.75 Å². The molecule has 0 bridgehead atoms. The van der Waals surface area contributed by atoms with Crippen molar-refractivity contribution in [1.29, 1.82) is 0 Å². The van der Waals surface area contributed by atoms with Crippen molar-refractivity contribution in [3.63, 3.8) is 0 Å². The molecule has 3 aromatic rings. The molecule has 1 aliphatic heterocycles. The Morgan fingerprint density at radius 2 is 1.69 bits per heavy atom. The van der Waals surface area contributed by atoms with Gasteiger partial charge in [-0.3, -0.25) is 9.69 Å². The lowest BCUT2D eigenvalue weighted by Gasteiger charge is -2.20. The number of rotatable bonds is 6. The predicted molar refractivity (Wildman–Crippen MR) is 140 cm³/mol. The zero-order chi connectivity index (χ0) is 25.2. The van der Waals surface area contributed by atoms with E-state index in [0.717, 1.165) is 38.2 Å². The Bertz CT molecular complexity index is 1290. The van der Waals surface area contributed by atoms with Gasteiger partial charge in [-0.1, -0.05) is 36.4 Å². The van der Waals surface area contributed by atoms with E-state index in [1.807, 2.05) is 26.2 Å². The Morgan fingerprint density at radius 3 is 2.33 bits per heavy atom. The van der Waals surface area contributed by atoms with E-state index in [1.165, 1.54) is 29.9 Å². The molecule has 0 unspecified atom stereocenters. The van der Waals surface area contributed by atoms with Gasteiger partial charge in [0.15, 0.2) is 0 Å². The number of aromatic nitrogens is 1. The molecule has 0 atom stereocenters. The summed E-state index contributed by atoms with van der Waals surface area (Å²) < 4.78 is 13.2. The summed E-state index contributed by atoms with van der Waals surface area (Å²) >= 11 is 0. The molecule has 0 N–H and O–H groups in total. The fraction of sp³-hybridized carbons (Fsp3) is 0.379. The number of hydrogen-bond donors (Lipinski definition) is 0. The van der Waals surface area contributed by atoms with Gasteiger partial charge in [-0.05, 0) is 28.8 Å². The monoisotopic (exact) mass is 487 g/mol. The lowest BCUT2D eigenvalue weighted by Crippen LogP contribution is -2.30. The molecule has 7 heteroatoms. The second-order valence-corrected chi connectivity index (χ2v) is 9.82. The van der Waals surface area contributed by atoms with Gasteiger partial charge in [0.2, 0.25) is 0 Å². The highest BCUT2D eigenvalue weighted by Gasteiger charge is 2.29. The zero-order valence-corrected chi connectivity index (χ0v) is 21.2. The maximum Gasteiger partial charge on any atom is 0.343 e. The molecule has 0 amide bonds. The average molecular weight is 488 g/mol. The van der Waals surface area contributed by atoms with Crippen LogP contribution in [0.1, 0.15) is 32.7 Å². The largest absolute Gasteiger partial charge is 0.489 e. The summed E-state index contributed by atoms with van der Waals surface area (Å²) in [5.41, 5.74) is 5.83. The van der Waals surface area contributed by atoms with Crippen LogP contribution in [0.3, 0.4) is 0 Å². The van der Waals surface area contributed by atoms with Crippen LogP contribution in [-0.4, -0.2) is 55.8 Å². The van der Waals surface area contributed by atoms with E-state index in [4.69, 9.17) is 9.47 Å². The van der Waals surface area contributed by atoms with Crippen LogP contribution in [0.15, 0.2) is 59.4 Å². The fourth-order valence-corrected chi connectivity index (χ4v) is 5.31. The van der Waals surface area contributed by atoms with Crippen LogP contribution in [0.4, 0.5) is 5.69 Å². The molecule has 0 radical (unpaired) electrons. The summed E-state index contributed by atoms with van der Waals surface area (Å²) in [6.45, 7) is 2.76. The second kappa shape index (κ2) is 10.2. The quantitative estimate of drug-likeness (QED) is 0.497. The average Bonchev–Trinajstić information content (AvgIpc) is 3.16. The van der Waals surface area contributed by atoms with Gasteiger partial charge in [-0.2, -0.15) is 0 Å². The number of pyridine rings is 1. The van der Waals surface area contributed by atoms with Crippen molar-refractivity contribution < 1.29 is 14.3 Å². The van der Waals surface area contributed by atoms with Gasteiger partial charge >= 0.3 is 5.97 Å². The summed E-state index contributed by atoms with van der Waals surface area (Å²) in [6.07, 6.45) is 1.98. The van der Waals surface area contributed by atoms with Gasteiger partial charge in [0, 0.05) is 77.0 Å². The number of anilines is 1. The summed E-state index contributed by atoms with van der Waals surface area (Å²) in [4.78, 5) is 30.5. The van der Waals surface area contributed by atoms with Crippen molar-refractivity contribution >= 4 is 11.7 Å². The molecule has 2 aliphatic rings. The predicted octanol–water partition coefficient (Wildman–Crippen LogP) is 3.31. The van der Waals surface area contributed by atoms with Crippen molar-refractivity contribution in [2.75, 3.05) is 39.2 Å². The Balaban J connectivity index is 1.38. The molecule has 1 aromatic heterocycles. The molecule has 0 spiro atoms. The Labute approximate surface area is 211 Å². The van der Waals surface area contributed by atoms with Crippen LogP contribution in [0.2, 0.25) is 0 Å². The zero-order valence-electron chi connectivity index (χ0n) is 21.2. The smallest absolute Gasteiger partial charge is 0.343 e. The minimum absolute atomic E-state index is 0.110. The van der Waals surface area contributed by atoms with E-state index in [9.17, 15) is 9.59 Å². The van der Waals surface area contributed by atoms with Gasteiger partial charge < -0.3 is 18.9 Å². The summed E-state index contributed by atoms with van der Waals surface area (Å²) in [6, 6.07) is 18.3. The van der Waals surface area contributed by atoms with Crippen molar-refractivity contribution in [2.45, 2.75) is 38.5 Å². The summed E-state index contributed by atoms with van der Waals surface area (Å²) in [5, 5.41) is 0. The number of methoxy groups -OCH3 is 1. The Hall–Kier alpha value is -3.58. The molecular weight excluding hydrogens is 454 g/mol. The van der Waals surface area contributed by atoms with Crippen LogP contribution in [-0.2, 0) is 37.1 Å². The minimum Gasteiger partial charge on any atom is -0.489 e. The number of nitrogens with zero attached hydrogens (tertiary/aromatic N) is 3. The van der Waals surface area contributed by atoms with Crippen molar-refractivity contribution in [2.24, 2.45) is 0 Å². The lowest BCUT2D eigenvalue weighted by atomic mass is 10.1. The molecule has 2 heterocycles. The summed E-state index contributed by atoms with van der Waals surface area (Å²) in [7, 11) is 5.43. The molecule has 36 heavy (non-hydrogen) atoms. The molecule has 1 aliphatic carbocycles. The third-order valence-electron chi connectivity index (χ3n) is 7.24. The summed E-state index contributed by atoms with van der Waals surface area (Å²) in [5.74, 6) is -0.124. The molecule has 2 aromatic carbocycles. The fourth-order valence-electron chi connectivity index (χ4n) is 5.31. The van der Waals surface area contributed by atoms with E-state index in [2.05, 4.69) is 46.2 Å². The number of benzene rings is 2. The van der Waals surface area contributed by atoms with E-state index in [-0.39, 0.29) is 11.7 Å². The lowest BCUT2D eigenvalue weighted by molar-refractivity contribution is 0.0590. The van der Waals surface area contributed by atoms with E-state index in [0.29, 0.717) is 30.0 Å².